The molecule has 156 valence electrons. The number of aryl methyl sites for hydroxylation is 1. The minimum absolute atomic E-state index is 0.556. The van der Waals surface area contributed by atoms with E-state index < -0.39 is 0 Å². The monoisotopic (exact) mass is 427 g/mol. The molecule has 1 N–H and O–H groups in total. The van der Waals surface area contributed by atoms with Crippen molar-refractivity contribution in [1.29, 1.82) is 0 Å². The fourth-order valence-corrected chi connectivity index (χ4v) is 4.59. The molecule has 0 aliphatic heterocycles. The van der Waals surface area contributed by atoms with Crippen LogP contribution in [0.25, 0.3) is 33.3 Å². The number of aromatic nitrogens is 2. The first-order chi connectivity index (χ1) is 15.2. The second-order valence-electron chi connectivity index (χ2n) is 8.47. The number of hydrogen-bond acceptors (Lipinski definition) is 3. The van der Waals surface area contributed by atoms with Crippen molar-refractivity contribution < 1.29 is 0 Å². The summed E-state index contributed by atoms with van der Waals surface area (Å²) >= 11 is 6.00. The lowest BCUT2D eigenvalue weighted by Gasteiger charge is -2.23. The summed E-state index contributed by atoms with van der Waals surface area (Å²) in [6.45, 7) is 2.16. The standard InChI is InChI=1S/C27H26ClN3/c1-18-15-27(30-23-5-3-2-4-6-23)31-26-14-9-20(16-24(18)26)25-13-10-21(17-29-25)19-7-11-22(28)12-8-19/h7-17,23H,2-6H2,1H3,(H,30,31). The first-order valence-corrected chi connectivity index (χ1v) is 11.4. The Kier molecular flexibility index (Phi) is 5.61. The molecule has 4 aromatic rings. The summed E-state index contributed by atoms with van der Waals surface area (Å²) in [6, 6.07) is 21.2. The van der Waals surface area contributed by atoms with E-state index in [1.54, 1.807) is 0 Å². The quantitative estimate of drug-likeness (QED) is 0.363. The maximum Gasteiger partial charge on any atom is 0.127 e. The van der Waals surface area contributed by atoms with Crippen LogP contribution in [0, 0.1) is 6.92 Å². The summed E-state index contributed by atoms with van der Waals surface area (Å²) < 4.78 is 0. The highest BCUT2D eigenvalue weighted by molar-refractivity contribution is 6.30. The Bertz CT molecular complexity index is 1190. The van der Waals surface area contributed by atoms with Gasteiger partial charge in [0.15, 0.2) is 0 Å². The minimum atomic E-state index is 0.556. The summed E-state index contributed by atoms with van der Waals surface area (Å²) in [7, 11) is 0. The summed E-state index contributed by atoms with van der Waals surface area (Å²) in [5, 5.41) is 5.57. The number of hydrogen-bond donors (Lipinski definition) is 1. The van der Waals surface area contributed by atoms with Gasteiger partial charge in [0.25, 0.3) is 0 Å². The highest BCUT2D eigenvalue weighted by Gasteiger charge is 2.14. The van der Waals surface area contributed by atoms with Crippen LogP contribution >= 0.6 is 11.6 Å². The molecule has 2 heterocycles. The molecule has 0 radical (unpaired) electrons. The number of pyridine rings is 2. The Morgan fingerprint density at radius 1 is 0.839 bits per heavy atom. The van der Waals surface area contributed by atoms with Crippen molar-refractivity contribution in [2.75, 3.05) is 5.32 Å². The van der Waals surface area contributed by atoms with E-state index in [-0.39, 0.29) is 0 Å². The van der Waals surface area contributed by atoms with Gasteiger partial charge >= 0.3 is 0 Å². The van der Waals surface area contributed by atoms with E-state index >= 15 is 0 Å². The number of nitrogens with zero attached hydrogens (tertiary/aromatic N) is 2. The lowest BCUT2D eigenvalue weighted by Crippen LogP contribution is -2.22. The van der Waals surface area contributed by atoms with Gasteiger partial charge in [-0.15, -0.1) is 0 Å². The molecule has 0 amide bonds. The average molecular weight is 428 g/mol. The van der Waals surface area contributed by atoms with Gasteiger partial charge in [-0.25, -0.2) is 4.98 Å². The van der Waals surface area contributed by atoms with Crippen LogP contribution in [0.1, 0.15) is 37.7 Å². The maximum atomic E-state index is 6.00. The first-order valence-electron chi connectivity index (χ1n) is 11.1. The Balaban J connectivity index is 1.40. The zero-order valence-electron chi connectivity index (χ0n) is 17.7. The fourth-order valence-electron chi connectivity index (χ4n) is 4.46. The Morgan fingerprint density at radius 3 is 2.32 bits per heavy atom. The van der Waals surface area contributed by atoms with Crippen molar-refractivity contribution in [3.8, 4) is 22.4 Å². The first kappa shape index (κ1) is 20.0. The van der Waals surface area contributed by atoms with Crippen LogP contribution in [0.5, 0.6) is 0 Å². The second-order valence-corrected chi connectivity index (χ2v) is 8.91. The Hall–Kier alpha value is -2.91. The van der Waals surface area contributed by atoms with E-state index in [0.717, 1.165) is 38.7 Å². The predicted octanol–water partition coefficient (Wildman–Crippen LogP) is 7.67. The van der Waals surface area contributed by atoms with E-state index in [1.807, 2.05) is 30.5 Å². The molecule has 2 aromatic heterocycles. The smallest absolute Gasteiger partial charge is 0.127 e. The van der Waals surface area contributed by atoms with Crippen LogP contribution in [0.15, 0.2) is 66.9 Å². The molecule has 3 nitrogen and oxygen atoms in total. The maximum absolute atomic E-state index is 6.00. The van der Waals surface area contributed by atoms with Gasteiger partial charge in [-0.05, 0) is 67.3 Å². The van der Waals surface area contributed by atoms with E-state index in [2.05, 4.69) is 48.6 Å². The molecule has 1 aliphatic carbocycles. The molecule has 0 saturated heterocycles. The molecular weight excluding hydrogens is 402 g/mol. The topological polar surface area (TPSA) is 37.8 Å². The van der Waals surface area contributed by atoms with E-state index in [0.29, 0.717) is 6.04 Å². The van der Waals surface area contributed by atoms with Crippen molar-refractivity contribution in [1.82, 2.24) is 9.97 Å². The third-order valence-corrected chi connectivity index (χ3v) is 6.46. The van der Waals surface area contributed by atoms with Crippen molar-refractivity contribution in [3.05, 3.63) is 77.4 Å². The third-order valence-electron chi connectivity index (χ3n) is 6.21. The average Bonchev–Trinajstić information content (AvgIpc) is 2.80. The van der Waals surface area contributed by atoms with Gasteiger partial charge in [0.1, 0.15) is 5.82 Å². The van der Waals surface area contributed by atoms with Gasteiger partial charge in [0.05, 0.1) is 11.2 Å². The molecule has 1 aliphatic rings. The van der Waals surface area contributed by atoms with Crippen LogP contribution in [-0.2, 0) is 0 Å². The number of fused-ring (bicyclic) bond motifs is 1. The van der Waals surface area contributed by atoms with Gasteiger partial charge in [0, 0.05) is 33.8 Å². The summed E-state index contributed by atoms with van der Waals surface area (Å²) in [6.07, 6.45) is 8.41. The summed E-state index contributed by atoms with van der Waals surface area (Å²) in [5.41, 5.74) is 6.52. The highest BCUT2D eigenvalue weighted by Crippen LogP contribution is 2.29. The molecule has 0 bridgehead atoms. The van der Waals surface area contributed by atoms with Crippen molar-refractivity contribution in [2.45, 2.75) is 45.1 Å². The molecule has 4 heteroatoms. The van der Waals surface area contributed by atoms with Crippen molar-refractivity contribution >= 4 is 28.3 Å². The lowest BCUT2D eigenvalue weighted by atomic mass is 9.95. The molecule has 1 fully saturated rings. The molecule has 0 atom stereocenters. The molecule has 31 heavy (non-hydrogen) atoms. The zero-order chi connectivity index (χ0) is 21.2. The van der Waals surface area contributed by atoms with Crippen molar-refractivity contribution in [2.24, 2.45) is 0 Å². The molecular formula is C27H26ClN3. The SMILES string of the molecule is Cc1cc(NC2CCCCC2)nc2ccc(-c3ccc(-c4ccc(Cl)cc4)cn3)cc12. The van der Waals surface area contributed by atoms with Crippen LogP contribution in [-0.4, -0.2) is 16.0 Å². The largest absolute Gasteiger partial charge is 0.367 e. The van der Waals surface area contributed by atoms with Crippen LogP contribution in [0.4, 0.5) is 5.82 Å². The molecule has 5 rings (SSSR count). The van der Waals surface area contributed by atoms with E-state index in [4.69, 9.17) is 21.6 Å². The molecule has 0 spiro atoms. The predicted molar refractivity (Wildman–Crippen MR) is 131 cm³/mol. The van der Waals surface area contributed by atoms with Gasteiger partial charge < -0.3 is 5.32 Å². The number of benzene rings is 2. The highest BCUT2D eigenvalue weighted by atomic mass is 35.5. The third kappa shape index (κ3) is 4.42. The Labute approximate surface area is 188 Å². The van der Waals surface area contributed by atoms with Crippen LogP contribution in [0.3, 0.4) is 0 Å². The van der Waals surface area contributed by atoms with Crippen LogP contribution in [0.2, 0.25) is 5.02 Å². The summed E-state index contributed by atoms with van der Waals surface area (Å²) in [4.78, 5) is 9.60. The second kappa shape index (κ2) is 8.68. The molecule has 1 saturated carbocycles. The van der Waals surface area contributed by atoms with Gasteiger partial charge in [-0.3, -0.25) is 4.98 Å². The molecule has 0 unspecified atom stereocenters. The minimum Gasteiger partial charge on any atom is -0.367 e. The van der Waals surface area contributed by atoms with Gasteiger partial charge in [-0.1, -0.05) is 55.1 Å². The number of halogens is 1. The van der Waals surface area contributed by atoms with Gasteiger partial charge in [0.2, 0.25) is 0 Å². The van der Waals surface area contributed by atoms with Gasteiger partial charge in [-0.2, -0.15) is 0 Å². The zero-order valence-corrected chi connectivity index (χ0v) is 18.5. The van der Waals surface area contributed by atoms with Crippen molar-refractivity contribution in [3.63, 3.8) is 0 Å². The van der Waals surface area contributed by atoms with E-state index in [9.17, 15) is 0 Å². The van der Waals surface area contributed by atoms with Crippen LogP contribution < -0.4 is 5.32 Å². The number of nitrogens with one attached hydrogen (secondary N) is 1. The normalized spacial score (nSPS) is 14.6. The fraction of sp³-hybridized carbons (Fsp3) is 0.259. The number of anilines is 1. The summed E-state index contributed by atoms with van der Waals surface area (Å²) in [5.74, 6) is 0.995. The Morgan fingerprint density at radius 2 is 1.58 bits per heavy atom. The lowest BCUT2D eigenvalue weighted by molar-refractivity contribution is 0.462. The number of rotatable bonds is 4. The molecule has 2 aromatic carbocycles. The van der Waals surface area contributed by atoms with E-state index in [1.165, 1.54) is 43.1 Å².